The molecule has 1 saturated carbocycles. The summed E-state index contributed by atoms with van der Waals surface area (Å²) < 4.78 is 20.6. The van der Waals surface area contributed by atoms with Gasteiger partial charge in [0.15, 0.2) is 18.1 Å². The number of ether oxygens (including phenoxy) is 4. The summed E-state index contributed by atoms with van der Waals surface area (Å²) in [6, 6.07) is 2.41. The summed E-state index contributed by atoms with van der Waals surface area (Å²) in [5, 5.41) is 4.98. The van der Waals surface area contributed by atoms with E-state index in [2.05, 4.69) is 17.6 Å². The highest BCUT2D eigenvalue weighted by Crippen LogP contribution is 2.39. The molecule has 1 aliphatic carbocycles. The molecule has 9 heteroatoms. The molecular weight excluding hydrogens is 380 g/mol. The fourth-order valence-corrected chi connectivity index (χ4v) is 3.37. The minimum Gasteiger partial charge on any atom is -0.493 e. The Morgan fingerprint density at radius 1 is 1.00 bits per heavy atom. The fourth-order valence-electron chi connectivity index (χ4n) is 3.37. The summed E-state index contributed by atoms with van der Waals surface area (Å²) in [6.07, 6.45) is 4.13. The Kier molecular flexibility index (Phi) is 8.11. The van der Waals surface area contributed by atoms with E-state index in [0.29, 0.717) is 11.7 Å². The SMILES string of the molecule is COc1ccc(C(=O)OCC(=O)NC(=O)N[C@@H]2CCCC[C@H]2C)c(OC)c1OC. The normalized spacial score (nSPS) is 18.3. The minimum absolute atomic E-state index is 0.0372. The molecule has 0 saturated heterocycles. The highest BCUT2D eigenvalue weighted by atomic mass is 16.5. The molecule has 9 nitrogen and oxygen atoms in total. The monoisotopic (exact) mass is 408 g/mol. The maximum absolute atomic E-state index is 12.4. The quantitative estimate of drug-likeness (QED) is 0.666. The van der Waals surface area contributed by atoms with E-state index in [1.807, 2.05) is 0 Å². The average Bonchev–Trinajstić information content (AvgIpc) is 2.72. The van der Waals surface area contributed by atoms with Crippen molar-refractivity contribution in [3.8, 4) is 17.2 Å². The van der Waals surface area contributed by atoms with Crippen LogP contribution in [0.4, 0.5) is 4.79 Å². The number of hydrogen-bond donors (Lipinski definition) is 2. The predicted molar refractivity (Wildman–Crippen MR) is 104 cm³/mol. The standard InChI is InChI=1S/C20H28N2O7/c1-12-7-5-6-8-14(12)21-20(25)22-16(23)11-29-19(24)13-9-10-15(26-2)18(28-4)17(13)27-3/h9-10,12,14H,5-8,11H2,1-4H3,(H2,21,22,23,25)/t12-,14-/m1/s1. The van der Waals surface area contributed by atoms with Crippen LogP contribution in [0, 0.1) is 5.92 Å². The lowest BCUT2D eigenvalue weighted by Gasteiger charge is -2.29. The Balaban J connectivity index is 1.91. The number of benzene rings is 1. The molecule has 2 N–H and O–H groups in total. The molecule has 0 radical (unpaired) electrons. The molecule has 1 fully saturated rings. The third-order valence-electron chi connectivity index (χ3n) is 4.94. The lowest BCUT2D eigenvalue weighted by molar-refractivity contribution is -0.123. The Morgan fingerprint density at radius 3 is 2.31 bits per heavy atom. The van der Waals surface area contributed by atoms with Crippen LogP contribution >= 0.6 is 0 Å². The maximum Gasteiger partial charge on any atom is 0.342 e. The Labute approximate surface area is 170 Å². The molecule has 0 heterocycles. The van der Waals surface area contributed by atoms with Gasteiger partial charge in [0.1, 0.15) is 5.56 Å². The van der Waals surface area contributed by atoms with Crippen molar-refractivity contribution in [2.24, 2.45) is 5.92 Å². The molecule has 29 heavy (non-hydrogen) atoms. The summed E-state index contributed by atoms with van der Waals surface area (Å²) in [4.78, 5) is 36.3. The van der Waals surface area contributed by atoms with Gasteiger partial charge in [-0.2, -0.15) is 0 Å². The number of amides is 3. The van der Waals surface area contributed by atoms with Gasteiger partial charge in [-0.3, -0.25) is 10.1 Å². The van der Waals surface area contributed by atoms with Crippen LogP contribution in [-0.4, -0.2) is 51.9 Å². The van der Waals surface area contributed by atoms with Crippen LogP contribution in [-0.2, 0) is 9.53 Å². The zero-order valence-electron chi connectivity index (χ0n) is 17.2. The number of rotatable bonds is 7. The highest BCUT2D eigenvalue weighted by molar-refractivity contribution is 5.98. The van der Waals surface area contributed by atoms with Crippen LogP contribution in [0.3, 0.4) is 0 Å². The van der Waals surface area contributed by atoms with Crippen molar-refractivity contribution in [2.75, 3.05) is 27.9 Å². The first kappa shape index (κ1) is 22.3. The van der Waals surface area contributed by atoms with E-state index in [-0.39, 0.29) is 23.1 Å². The van der Waals surface area contributed by atoms with Gasteiger partial charge in [0.2, 0.25) is 5.75 Å². The second kappa shape index (κ2) is 10.5. The van der Waals surface area contributed by atoms with Crippen molar-refractivity contribution in [2.45, 2.75) is 38.6 Å². The summed E-state index contributed by atoms with van der Waals surface area (Å²) in [7, 11) is 4.24. The Morgan fingerprint density at radius 2 is 1.69 bits per heavy atom. The van der Waals surface area contributed by atoms with Crippen molar-refractivity contribution in [1.29, 1.82) is 0 Å². The van der Waals surface area contributed by atoms with E-state index in [4.69, 9.17) is 18.9 Å². The summed E-state index contributed by atoms with van der Waals surface area (Å²) in [5.41, 5.74) is 0.0680. The van der Waals surface area contributed by atoms with Crippen LogP contribution < -0.4 is 24.8 Å². The first-order valence-corrected chi connectivity index (χ1v) is 9.47. The molecule has 0 aromatic heterocycles. The minimum atomic E-state index is -0.792. The zero-order chi connectivity index (χ0) is 21.4. The number of imide groups is 1. The van der Waals surface area contributed by atoms with Gasteiger partial charge >= 0.3 is 12.0 Å². The molecule has 0 aliphatic heterocycles. The molecule has 2 atom stereocenters. The van der Waals surface area contributed by atoms with Crippen LogP contribution in [0.5, 0.6) is 17.2 Å². The van der Waals surface area contributed by atoms with E-state index in [9.17, 15) is 14.4 Å². The van der Waals surface area contributed by atoms with Gasteiger partial charge in [-0.05, 0) is 30.9 Å². The first-order valence-electron chi connectivity index (χ1n) is 9.47. The van der Waals surface area contributed by atoms with Gasteiger partial charge in [0.05, 0.1) is 21.3 Å². The lowest BCUT2D eigenvalue weighted by Crippen LogP contribution is -2.48. The van der Waals surface area contributed by atoms with E-state index < -0.39 is 24.5 Å². The molecule has 3 amide bonds. The van der Waals surface area contributed by atoms with Gasteiger partial charge in [-0.25, -0.2) is 9.59 Å². The maximum atomic E-state index is 12.4. The van der Waals surface area contributed by atoms with Crippen molar-refractivity contribution in [1.82, 2.24) is 10.6 Å². The third-order valence-corrected chi connectivity index (χ3v) is 4.94. The molecule has 0 spiro atoms. The van der Waals surface area contributed by atoms with Gasteiger partial charge in [0, 0.05) is 6.04 Å². The van der Waals surface area contributed by atoms with Crippen LogP contribution in [0.2, 0.25) is 0 Å². The van der Waals surface area contributed by atoms with E-state index in [1.165, 1.54) is 33.5 Å². The van der Waals surface area contributed by atoms with E-state index in [0.717, 1.165) is 25.7 Å². The number of carbonyl (C=O) groups is 3. The van der Waals surface area contributed by atoms with Crippen molar-refractivity contribution in [3.05, 3.63) is 17.7 Å². The van der Waals surface area contributed by atoms with Crippen molar-refractivity contribution < 1.29 is 33.3 Å². The second-order valence-corrected chi connectivity index (χ2v) is 6.85. The number of nitrogens with one attached hydrogen (secondary N) is 2. The number of hydrogen-bond acceptors (Lipinski definition) is 7. The van der Waals surface area contributed by atoms with Crippen molar-refractivity contribution >= 4 is 17.9 Å². The molecule has 2 rings (SSSR count). The number of methoxy groups -OCH3 is 3. The highest BCUT2D eigenvalue weighted by Gasteiger charge is 2.25. The zero-order valence-corrected chi connectivity index (χ0v) is 17.2. The Bertz CT molecular complexity index is 751. The number of esters is 1. The number of carbonyl (C=O) groups excluding carboxylic acids is 3. The fraction of sp³-hybridized carbons (Fsp3) is 0.550. The van der Waals surface area contributed by atoms with Gasteiger partial charge in [0.25, 0.3) is 5.91 Å². The third kappa shape index (κ3) is 5.75. The van der Waals surface area contributed by atoms with Crippen LogP contribution in [0.25, 0.3) is 0 Å². The largest absolute Gasteiger partial charge is 0.493 e. The topological polar surface area (TPSA) is 112 Å². The Hall–Kier alpha value is -2.97. The van der Waals surface area contributed by atoms with Crippen LogP contribution in [0.1, 0.15) is 43.0 Å². The number of urea groups is 1. The lowest BCUT2D eigenvalue weighted by atomic mass is 9.86. The first-order chi connectivity index (χ1) is 13.9. The summed E-state index contributed by atoms with van der Waals surface area (Å²) in [6.45, 7) is 1.47. The summed E-state index contributed by atoms with van der Waals surface area (Å²) >= 11 is 0. The average molecular weight is 408 g/mol. The molecule has 0 bridgehead atoms. The molecule has 1 aliphatic rings. The molecular formula is C20H28N2O7. The second-order valence-electron chi connectivity index (χ2n) is 6.85. The van der Waals surface area contributed by atoms with E-state index in [1.54, 1.807) is 0 Å². The van der Waals surface area contributed by atoms with Crippen LogP contribution in [0.15, 0.2) is 12.1 Å². The predicted octanol–water partition coefficient (Wildman–Crippen LogP) is 2.27. The summed E-state index contributed by atoms with van der Waals surface area (Å²) in [5.74, 6) is -0.415. The van der Waals surface area contributed by atoms with Gasteiger partial charge < -0.3 is 24.3 Å². The van der Waals surface area contributed by atoms with Crippen molar-refractivity contribution in [3.63, 3.8) is 0 Å². The smallest absolute Gasteiger partial charge is 0.342 e. The molecule has 0 unspecified atom stereocenters. The molecule has 1 aromatic carbocycles. The van der Waals surface area contributed by atoms with Gasteiger partial charge in [-0.15, -0.1) is 0 Å². The van der Waals surface area contributed by atoms with Gasteiger partial charge in [-0.1, -0.05) is 19.8 Å². The van der Waals surface area contributed by atoms with E-state index >= 15 is 0 Å². The molecule has 160 valence electrons. The molecule has 1 aromatic rings.